The predicted molar refractivity (Wildman–Crippen MR) is 104 cm³/mol. The van der Waals surface area contributed by atoms with E-state index in [1.807, 2.05) is 37.2 Å². The van der Waals surface area contributed by atoms with E-state index in [0.29, 0.717) is 29.6 Å². The summed E-state index contributed by atoms with van der Waals surface area (Å²) in [6, 6.07) is 15.4. The lowest BCUT2D eigenvalue weighted by Crippen LogP contribution is -2.57. The Morgan fingerprint density at radius 3 is 2.41 bits per heavy atom. The number of rotatable bonds is 4. The van der Waals surface area contributed by atoms with E-state index in [0.717, 1.165) is 0 Å². The second-order valence-corrected chi connectivity index (χ2v) is 7.26. The van der Waals surface area contributed by atoms with Crippen molar-refractivity contribution in [1.29, 1.82) is 0 Å². The number of likely N-dealkylation sites (N-methyl/N-ethyl adjacent to an activating group) is 1. The van der Waals surface area contributed by atoms with Gasteiger partial charge in [0.25, 0.3) is 5.56 Å². The Labute approximate surface area is 157 Å². The number of para-hydroxylation sites is 1. The third-order valence-corrected chi connectivity index (χ3v) is 5.44. The SMILES string of the molecule is CN(C)C1(C(=O)NCc2nc3ccccc3c(=O)[nH]2)Cc2ccccc2C1. The molecular weight excluding hydrogens is 340 g/mol. The highest BCUT2D eigenvalue weighted by Gasteiger charge is 2.45. The summed E-state index contributed by atoms with van der Waals surface area (Å²) in [6.07, 6.45) is 1.34. The van der Waals surface area contributed by atoms with Gasteiger partial charge in [-0.1, -0.05) is 36.4 Å². The number of hydrogen-bond donors (Lipinski definition) is 2. The number of nitrogens with zero attached hydrogens (tertiary/aromatic N) is 2. The van der Waals surface area contributed by atoms with Crippen LogP contribution in [0.3, 0.4) is 0 Å². The molecule has 0 radical (unpaired) electrons. The van der Waals surface area contributed by atoms with Gasteiger partial charge in [0.05, 0.1) is 17.4 Å². The number of hydrogen-bond acceptors (Lipinski definition) is 4. The third-order valence-electron chi connectivity index (χ3n) is 5.44. The van der Waals surface area contributed by atoms with Crippen molar-refractivity contribution in [3.05, 3.63) is 75.8 Å². The first-order valence-electron chi connectivity index (χ1n) is 9.00. The van der Waals surface area contributed by atoms with Crippen LogP contribution < -0.4 is 10.9 Å². The highest BCUT2D eigenvalue weighted by molar-refractivity contribution is 5.88. The topological polar surface area (TPSA) is 78.1 Å². The Hall–Kier alpha value is -2.99. The van der Waals surface area contributed by atoms with Gasteiger partial charge in [-0.25, -0.2) is 4.98 Å². The van der Waals surface area contributed by atoms with Crippen molar-refractivity contribution in [3.63, 3.8) is 0 Å². The molecule has 3 aromatic rings. The van der Waals surface area contributed by atoms with Crippen LogP contribution in [0.2, 0.25) is 0 Å². The summed E-state index contributed by atoms with van der Waals surface area (Å²) < 4.78 is 0. The van der Waals surface area contributed by atoms with Crippen molar-refractivity contribution < 1.29 is 4.79 Å². The van der Waals surface area contributed by atoms with E-state index in [1.54, 1.807) is 18.2 Å². The molecule has 0 aliphatic heterocycles. The first-order chi connectivity index (χ1) is 13.0. The van der Waals surface area contributed by atoms with Crippen LogP contribution in [0.25, 0.3) is 10.9 Å². The normalized spacial score (nSPS) is 15.1. The largest absolute Gasteiger partial charge is 0.347 e. The Kier molecular flexibility index (Phi) is 4.28. The van der Waals surface area contributed by atoms with Gasteiger partial charge in [-0.2, -0.15) is 0 Å². The van der Waals surface area contributed by atoms with Gasteiger partial charge in [-0.15, -0.1) is 0 Å². The quantitative estimate of drug-likeness (QED) is 0.740. The maximum Gasteiger partial charge on any atom is 0.258 e. The lowest BCUT2D eigenvalue weighted by Gasteiger charge is -2.34. The molecule has 0 unspecified atom stereocenters. The minimum Gasteiger partial charge on any atom is -0.347 e. The molecule has 0 saturated heterocycles. The summed E-state index contributed by atoms with van der Waals surface area (Å²) in [7, 11) is 3.86. The number of H-pyrrole nitrogens is 1. The van der Waals surface area contributed by atoms with Gasteiger partial charge in [-0.05, 0) is 37.4 Å². The zero-order valence-corrected chi connectivity index (χ0v) is 15.5. The molecule has 1 heterocycles. The predicted octanol–water partition coefficient (Wildman–Crippen LogP) is 1.64. The van der Waals surface area contributed by atoms with E-state index in [1.165, 1.54) is 11.1 Å². The fraction of sp³-hybridized carbons (Fsp3) is 0.286. The van der Waals surface area contributed by atoms with E-state index in [-0.39, 0.29) is 18.0 Å². The molecule has 2 N–H and O–H groups in total. The zero-order valence-electron chi connectivity index (χ0n) is 15.5. The van der Waals surface area contributed by atoms with Crippen LogP contribution in [0.1, 0.15) is 17.0 Å². The maximum atomic E-state index is 13.1. The average Bonchev–Trinajstić information content (AvgIpc) is 3.07. The molecule has 1 amide bonds. The third kappa shape index (κ3) is 3.02. The maximum absolute atomic E-state index is 13.1. The van der Waals surface area contributed by atoms with Gasteiger partial charge in [0.2, 0.25) is 5.91 Å². The van der Waals surface area contributed by atoms with Gasteiger partial charge >= 0.3 is 0 Å². The van der Waals surface area contributed by atoms with Crippen LogP contribution in [0, 0.1) is 0 Å². The van der Waals surface area contributed by atoms with E-state index in [2.05, 4.69) is 27.4 Å². The number of nitrogens with one attached hydrogen (secondary N) is 2. The molecule has 1 aliphatic carbocycles. The molecule has 1 aromatic heterocycles. The van der Waals surface area contributed by atoms with E-state index < -0.39 is 5.54 Å². The second-order valence-electron chi connectivity index (χ2n) is 7.26. The average molecular weight is 362 g/mol. The second kappa shape index (κ2) is 6.63. The summed E-state index contributed by atoms with van der Waals surface area (Å²) >= 11 is 0. The van der Waals surface area contributed by atoms with Crippen LogP contribution in [-0.4, -0.2) is 40.4 Å². The number of aromatic amines is 1. The van der Waals surface area contributed by atoms with Gasteiger partial charge in [0.15, 0.2) is 0 Å². The zero-order chi connectivity index (χ0) is 19.0. The van der Waals surface area contributed by atoms with Crippen LogP contribution in [0.15, 0.2) is 53.3 Å². The van der Waals surface area contributed by atoms with E-state index in [9.17, 15) is 9.59 Å². The molecule has 6 heteroatoms. The molecule has 0 saturated carbocycles. The van der Waals surface area contributed by atoms with Crippen LogP contribution >= 0.6 is 0 Å². The van der Waals surface area contributed by atoms with Crippen molar-refractivity contribution >= 4 is 16.8 Å². The lowest BCUT2D eigenvalue weighted by molar-refractivity contribution is -0.131. The van der Waals surface area contributed by atoms with E-state index in [4.69, 9.17) is 0 Å². The molecule has 0 spiro atoms. The minimum absolute atomic E-state index is 0.0560. The van der Waals surface area contributed by atoms with E-state index >= 15 is 0 Å². The molecular formula is C21H22N4O2. The fourth-order valence-corrected chi connectivity index (χ4v) is 3.82. The number of carbonyl (C=O) groups excluding carboxylic acids is 1. The van der Waals surface area contributed by atoms with Crippen molar-refractivity contribution in [3.8, 4) is 0 Å². The monoisotopic (exact) mass is 362 g/mol. The van der Waals surface area contributed by atoms with Gasteiger partial charge in [0.1, 0.15) is 11.4 Å². The van der Waals surface area contributed by atoms with Crippen LogP contribution in [0.4, 0.5) is 0 Å². The van der Waals surface area contributed by atoms with Crippen LogP contribution in [-0.2, 0) is 24.2 Å². The molecule has 1 aliphatic rings. The van der Waals surface area contributed by atoms with Gasteiger partial charge in [-0.3, -0.25) is 14.5 Å². The number of amides is 1. The van der Waals surface area contributed by atoms with Gasteiger partial charge < -0.3 is 10.3 Å². The highest BCUT2D eigenvalue weighted by atomic mass is 16.2. The summed E-state index contributed by atoms with van der Waals surface area (Å²) in [5, 5.41) is 3.52. The Bertz CT molecular complexity index is 1050. The number of aromatic nitrogens is 2. The van der Waals surface area contributed by atoms with Crippen LogP contribution in [0.5, 0.6) is 0 Å². The Morgan fingerprint density at radius 2 is 1.74 bits per heavy atom. The van der Waals surface area contributed by atoms with Crippen molar-refractivity contribution in [2.45, 2.75) is 24.9 Å². The summed E-state index contributed by atoms with van der Waals surface area (Å²) in [4.78, 5) is 34.5. The van der Waals surface area contributed by atoms with Crippen molar-refractivity contribution in [2.24, 2.45) is 0 Å². The first-order valence-corrected chi connectivity index (χ1v) is 9.00. The standard InChI is InChI=1S/C21H22N4O2/c1-25(2)21(11-14-7-3-4-8-15(14)12-21)20(27)22-13-18-23-17-10-6-5-9-16(17)19(26)24-18/h3-10H,11-13H2,1-2H3,(H,22,27)(H,23,24,26). The number of benzene rings is 2. The molecule has 0 bridgehead atoms. The molecule has 6 nitrogen and oxygen atoms in total. The Balaban J connectivity index is 1.56. The molecule has 0 fully saturated rings. The van der Waals surface area contributed by atoms with Gasteiger partial charge in [0, 0.05) is 12.8 Å². The number of carbonyl (C=O) groups is 1. The van der Waals surface area contributed by atoms with Crippen molar-refractivity contribution in [2.75, 3.05) is 14.1 Å². The smallest absolute Gasteiger partial charge is 0.258 e. The molecule has 138 valence electrons. The molecule has 0 atom stereocenters. The number of fused-ring (bicyclic) bond motifs is 2. The molecule has 27 heavy (non-hydrogen) atoms. The Morgan fingerprint density at radius 1 is 1.11 bits per heavy atom. The summed E-state index contributed by atoms with van der Waals surface area (Å²) in [6.45, 7) is 0.185. The lowest BCUT2D eigenvalue weighted by atomic mass is 9.93. The minimum atomic E-state index is -0.624. The highest BCUT2D eigenvalue weighted by Crippen LogP contribution is 2.33. The molecule has 2 aromatic carbocycles. The summed E-state index contributed by atoms with van der Waals surface area (Å²) in [5.74, 6) is 0.399. The first kappa shape index (κ1) is 17.4. The molecule has 4 rings (SSSR count). The van der Waals surface area contributed by atoms with Crippen molar-refractivity contribution in [1.82, 2.24) is 20.2 Å². The summed E-state index contributed by atoms with van der Waals surface area (Å²) in [5.41, 5.74) is 2.22. The fourth-order valence-electron chi connectivity index (χ4n) is 3.82.